The Labute approximate surface area is 218 Å². The second-order valence-electron chi connectivity index (χ2n) is 11.0. The summed E-state index contributed by atoms with van der Waals surface area (Å²) in [7, 11) is 3.88. The second-order valence-corrected chi connectivity index (χ2v) is 11.0. The van der Waals surface area contributed by atoms with Crippen LogP contribution < -0.4 is 15.0 Å². The molecule has 0 radical (unpaired) electrons. The number of methoxy groups -OCH3 is 1. The lowest BCUT2D eigenvalue weighted by atomic mass is 9.96. The molecule has 1 saturated carbocycles. The maximum absolute atomic E-state index is 13.6. The zero-order chi connectivity index (χ0) is 25.7. The molecule has 3 aliphatic rings. The van der Waals surface area contributed by atoms with Crippen molar-refractivity contribution in [1.82, 2.24) is 15.2 Å². The van der Waals surface area contributed by atoms with Crippen LogP contribution in [0.5, 0.6) is 5.75 Å². The number of benzene rings is 2. The molecule has 37 heavy (non-hydrogen) atoms. The Morgan fingerprint density at radius 1 is 1.14 bits per heavy atom. The largest absolute Gasteiger partial charge is 0.492 e. The zero-order valence-electron chi connectivity index (χ0n) is 22.2. The van der Waals surface area contributed by atoms with E-state index in [1.807, 2.05) is 32.0 Å². The highest BCUT2D eigenvalue weighted by molar-refractivity contribution is 5.98. The van der Waals surface area contributed by atoms with Crippen molar-refractivity contribution in [2.75, 3.05) is 45.3 Å². The Bertz CT molecular complexity index is 1350. The first-order chi connectivity index (χ1) is 17.8. The number of hydrogen-bond donors (Lipinski definition) is 1. The smallest absolute Gasteiger partial charge is 0.252 e. The van der Waals surface area contributed by atoms with E-state index in [1.54, 1.807) is 7.11 Å². The molecule has 1 atom stereocenters. The number of likely N-dealkylation sites (tertiary alicyclic amines) is 1. The fourth-order valence-electron chi connectivity index (χ4n) is 5.48. The van der Waals surface area contributed by atoms with Crippen LogP contribution in [0.3, 0.4) is 0 Å². The number of nitrogens with zero attached hydrogens (tertiary/aromatic N) is 3. The van der Waals surface area contributed by atoms with Crippen LogP contribution in [0.2, 0.25) is 0 Å². The first kappa shape index (κ1) is 24.2. The van der Waals surface area contributed by atoms with Gasteiger partial charge in [-0.3, -0.25) is 14.7 Å². The van der Waals surface area contributed by atoms with Crippen molar-refractivity contribution in [1.29, 1.82) is 0 Å². The lowest BCUT2D eigenvalue weighted by Crippen LogP contribution is -2.52. The number of carbonyl (C=O) groups excluding carboxylic acids is 1. The van der Waals surface area contributed by atoms with Crippen LogP contribution in [0.15, 0.2) is 42.5 Å². The Hall–Kier alpha value is -3.16. The molecule has 0 bridgehead atoms. The molecule has 194 valence electrons. The van der Waals surface area contributed by atoms with Gasteiger partial charge in [0.1, 0.15) is 12.4 Å². The fourth-order valence-corrected chi connectivity index (χ4v) is 5.48. The molecular weight excluding hydrogens is 464 g/mol. The molecule has 1 aromatic heterocycles. The molecule has 7 heteroatoms. The number of aryl methyl sites for hydroxylation is 2. The first-order valence-corrected chi connectivity index (χ1v) is 13.3. The summed E-state index contributed by atoms with van der Waals surface area (Å²) in [5.41, 5.74) is 5.49. The number of aromatic nitrogens is 1. The summed E-state index contributed by atoms with van der Waals surface area (Å²) in [6.07, 6.45) is 3.24. The van der Waals surface area contributed by atoms with E-state index < -0.39 is 0 Å². The number of carbonyl (C=O) groups is 1. The molecule has 2 aliphatic heterocycles. The monoisotopic (exact) mass is 500 g/mol. The highest BCUT2D eigenvalue weighted by Crippen LogP contribution is 2.49. The molecule has 6 rings (SSSR count). The lowest BCUT2D eigenvalue weighted by molar-refractivity contribution is 0.0767. The number of pyridine rings is 1. The Morgan fingerprint density at radius 3 is 2.62 bits per heavy atom. The van der Waals surface area contributed by atoms with Gasteiger partial charge < -0.3 is 19.7 Å². The van der Waals surface area contributed by atoms with Gasteiger partial charge >= 0.3 is 0 Å². The van der Waals surface area contributed by atoms with E-state index in [0.717, 1.165) is 78.1 Å². The van der Waals surface area contributed by atoms with Crippen molar-refractivity contribution in [3.05, 3.63) is 64.8 Å². The van der Waals surface area contributed by atoms with Crippen molar-refractivity contribution in [3.63, 3.8) is 0 Å². The molecule has 3 fully saturated rings. The van der Waals surface area contributed by atoms with Crippen molar-refractivity contribution in [3.8, 4) is 5.75 Å². The van der Waals surface area contributed by atoms with Gasteiger partial charge in [0.25, 0.3) is 5.91 Å². The Morgan fingerprint density at radius 2 is 1.95 bits per heavy atom. The van der Waals surface area contributed by atoms with Crippen molar-refractivity contribution < 1.29 is 14.3 Å². The third-order valence-corrected chi connectivity index (χ3v) is 8.43. The number of likely N-dealkylation sites (N-methyl/N-ethyl adjacent to an activating group) is 1. The average molecular weight is 501 g/mol. The second kappa shape index (κ2) is 9.30. The van der Waals surface area contributed by atoms with Gasteiger partial charge in [-0.2, -0.15) is 0 Å². The molecule has 3 heterocycles. The molecule has 0 spiro atoms. The number of hydrogen-bond acceptors (Lipinski definition) is 6. The molecule has 2 aromatic carbocycles. The highest BCUT2D eigenvalue weighted by Gasteiger charge is 2.47. The zero-order valence-corrected chi connectivity index (χ0v) is 22.2. The number of nitrogens with one attached hydrogen (secondary N) is 1. The minimum absolute atomic E-state index is 0.0526. The topological polar surface area (TPSA) is 66.9 Å². The number of anilines is 1. The third-order valence-electron chi connectivity index (χ3n) is 8.43. The maximum Gasteiger partial charge on any atom is 0.252 e. The maximum atomic E-state index is 13.6. The van der Waals surface area contributed by atoms with Crippen molar-refractivity contribution in [2.45, 2.75) is 50.8 Å². The van der Waals surface area contributed by atoms with E-state index >= 15 is 0 Å². The highest BCUT2D eigenvalue weighted by atomic mass is 16.5. The van der Waals surface area contributed by atoms with E-state index in [-0.39, 0.29) is 17.6 Å². The molecule has 3 aromatic rings. The van der Waals surface area contributed by atoms with Gasteiger partial charge in [-0.15, -0.1) is 0 Å². The van der Waals surface area contributed by atoms with Gasteiger partial charge in [0.2, 0.25) is 0 Å². The summed E-state index contributed by atoms with van der Waals surface area (Å²) < 4.78 is 11.6. The standard InChI is InChI=1S/C30H36N4O3/c1-19-5-7-23(37-18-21-9-12-33(21)3)15-26(19)29(35)32-30(10-11-30)27-13-22(34-16-24(17-34)36-4)14-28-25(27)8-6-20(2)31-28/h5-8,13-15,21,24H,9-12,16-18H2,1-4H3,(H,32,35)/t21-/m0/s1. The van der Waals surface area contributed by atoms with E-state index in [2.05, 4.69) is 46.4 Å². The van der Waals surface area contributed by atoms with Gasteiger partial charge in [-0.05, 0) is 88.2 Å². The molecule has 2 saturated heterocycles. The predicted octanol–water partition coefficient (Wildman–Crippen LogP) is 4.19. The van der Waals surface area contributed by atoms with Gasteiger partial charge in [0.15, 0.2) is 0 Å². The van der Waals surface area contributed by atoms with Crippen LogP contribution in [0.1, 0.15) is 46.4 Å². The normalized spacial score (nSPS) is 20.9. The molecule has 1 aliphatic carbocycles. The van der Waals surface area contributed by atoms with Crippen molar-refractivity contribution >= 4 is 22.5 Å². The van der Waals surface area contributed by atoms with E-state index in [9.17, 15) is 4.79 Å². The van der Waals surface area contributed by atoms with Gasteiger partial charge in [-0.25, -0.2) is 0 Å². The SMILES string of the molecule is COC1CN(c2cc(C3(NC(=O)c4cc(OC[C@@H]5CCN5C)ccc4C)CC3)c3ccc(C)nc3c2)C1. The number of ether oxygens (including phenoxy) is 2. The van der Waals surface area contributed by atoms with Crippen LogP contribution >= 0.6 is 0 Å². The summed E-state index contributed by atoms with van der Waals surface area (Å²) in [5.74, 6) is 0.696. The molecular formula is C30H36N4O3. The minimum Gasteiger partial charge on any atom is -0.492 e. The lowest BCUT2D eigenvalue weighted by Gasteiger charge is -2.40. The van der Waals surface area contributed by atoms with Gasteiger partial charge in [-0.1, -0.05) is 12.1 Å². The summed E-state index contributed by atoms with van der Waals surface area (Å²) >= 11 is 0. The van der Waals surface area contributed by atoms with Crippen LogP contribution in [0.4, 0.5) is 5.69 Å². The average Bonchev–Trinajstić information content (AvgIpc) is 3.63. The van der Waals surface area contributed by atoms with Crippen LogP contribution in [-0.2, 0) is 10.3 Å². The predicted molar refractivity (Wildman–Crippen MR) is 146 cm³/mol. The Kier molecular flexibility index (Phi) is 6.08. The minimum atomic E-state index is -0.383. The Balaban J connectivity index is 1.27. The molecule has 1 N–H and O–H groups in total. The summed E-state index contributed by atoms with van der Waals surface area (Å²) in [6.45, 7) is 7.51. The summed E-state index contributed by atoms with van der Waals surface area (Å²) in [5, 5.41) is 4.52. The van der Waals surface area contributed by atoms with E-state index in [0.29, 0.717) is 18.2 Å². The quantitative estimate of drug-likeness (QED) is 0.500. The first-order valence-electron chi connectivity index (χ1n) is 13.3. The third kappa shape index (κ3) is 4.55. The van der Waals surface area contributed by atoms with E-state index in [1.165, 1.54) is 0 Å². The van der Waals surface area contributed by atoms with Crippen LogP contribution in [0, 0.1) is 13.8 Å². The van der Waals surface area contributed by atoms with Crippen LogP contribution in [-0.4, -0.2) is 68.3 Å². The van der Waals surface area contributed by atoms with Crippen molar-refractivity contribution in [2.24, 2.45) is 0 Å². The number of rotatable bonds is 8. The number of amides is 1. The molecule has 0 unspecified atom stereocenters. The van der Waals surface area contributed by atoms with E-state index in [4.69, 9.17) is 14.5 Å². The summed E-state index contributed by atoms with van der Waals surface area (Å²) in [4.78, 5) is 23.1. The van der Waals surface area contributed by atoms with Gasteiger partial charge in [0, 0.05) is 48.6 Å². The molecule has 1 amide bonds. The fraction of sp³-hybridized carbons (Fsp3) is 0.467. The molecule has 7 nitrogen and oxygen atoms in total. The number of fused-ring (bicyclic) bond motifs is 1. The van der Waals surface area contributed by atoms with Gasteiger partial charge in [0.05, 0.1) is 17.2 Å². The summed E-state index contributed by atoms with van der Waals surface area (Å²) in [6, 6.07) is 14.9. The van der Waals surface area contributed by atoms with Crippen LogP contribution in [0.25, 0.3) is 10.9 Å².